The molecule has 0 amide bonds. The summed E-state index contributed by atoms with van der Waals surface area (Å²) in [6, 6.07) is 2.42. The quantitative estimate of drug-likeness (QED) is 0.616. The highest BCUT2D eigenvalue weighted by Crippen LogP contribution is 2.23. The second kappa shape index (κ2) is 5.38. The molecule has 0 aliphatic rings. The van der Waals surface area contributed by atoms with Gasteiger partial charge < -0.3 is 5.73 Å². The summed E-state index contributed by atoms with van der Waals surface area (Å²) >= 11 is 0. The van der Waals surface area contributed by atoms with Crippen molar-refractivity contribution in [2.24, 2.45) is 5.73 Å². The molecular formula is C9H12FN3O4S. The number of hydrogen-bond donors (Lipinski definition) is 1. The first-order valence-electron chi connectivity index (χ1n) is 4.91. The minimum absolute atomic E-state index is 0.0630. The summed E-state index contributed by atoms with van der Waals surface area (Å²) < 4.78 is 37.9. The fraction of sp³-hybridized carbons (Fsp3) is 0.333. The topological polar surface area (TPSA) is 107 Å². The van der Waals surface area contributed by atoms with Crippen LogP contribution in [-0.4, -0.2) is 37.8 Å². The molecule has 0 heterocycles. The van der Waals surface area contributed by atoms with Gasteiger partial charge >= 0.3 is 5.69 Å². The van der Waals surface area contributed by atoms with Crippen molar-refractivity contribution in [3.05, 3.63) is 34.1 Å². The van der Waals surface area contributed by atoms with Gasteiger partial charge in [0.05, 0.1) is 9.82 Å². The molecule has 7 nitrogen and oxygen atoms in total. The second-order valence-electron chi connectivity index (χ2n) is 3.49. The first kappa shape index (κ1) is 14.5. The number of hydrogen-bond acceptors (Lipinski definition) is 5. The fourth-order valence-electron chi connectivity index (χ4n) is 1.27. The number of halogens is 1. The van der Waals surface area contributed by atoms with Gasteiger partial charge in [-0.15, -0.1) is 0 Å². The Kier molecular flexibility index (Phi) is 4.33. The van der Waals surface area contributed by atoms with Gasteiger partial charge in [0, 0.05) is 26.2 Å². The standard InChI is InChI=1S/C9H12FN3O4S/c1-12(5-4-11)18(16,17)7-2-3-8(10)9(6-7)13(14)15/h2-3,6H,4-5,11H2,1H3. The summed E-state index contributed by atoms with van der Waals surface area (Å²) in [5.74, 6) is -1.08. The Morgan fingerprint density at radius 1 is 1.50 bits per heavy atom. The lowest BCUT2D eigenvalue weighted by Crippen LogP contribution is -2.31. The lowest BCUT2D eigenvalue weighted by atomic mass is 10.3. The molecule has 2 N–H and O–H groups in total. The van der Waals surface area contributed by atoms with Crippen LogP contribution in [0, 0.1) is 15.9 Å². The largest absolute Gasteiger partial charge is 0.329 e. The van der Waals surface area contributed by atoms with Crippen LogP contribution < -0.4 is 5.73 Å². The van der Waals surface area contributed by atoms with Gasteiger partial charge in [0.25, 0.3) is 0 Å². The number of nitrogens with zero attached hydrogens (tertiary/aromatic N) is 2. The highest BCUT2D eigenvalue weighted by Gasteiger charge is 2.24. The molecular weight excluding hydrogens is 265 g/mol. The van der Waals surface area contributed by atoms with E-state index in [2.05, 4.69) is 0 Å². The van der Waals surface area contributed by atoms with E-state index in [0.29, 0.717) is 6.07 Å². The SMILES string of the molecule is CN(CCN)S(=O)(=O)c1ccc(F)c([N+](=O)[O-])c1. The first-order chi connectivity index (χ1) is 8.30. The molecule has 0 atom stereocenters. The van der Waals surface area contributed by atoms with Gasteiger partial charge in [-0.2, -0.15) is 8.70 Å². The van der Waals surface area contributed by atoms with Gasteiger partial charge in [-0.05, 0) is 12.1 Å². The smallest absolute Gasteiger partial charge is 0.306 e. The molecule has 0 aromatic heterocycles. The highest BCUT2D eigenvalue weighted by atomic mass is 32.2. The van der Waals surface area contributed by atoms with Gasteiger partial charge in [0.1, 0.15) is 0 Å². The zero-order chi connectivity index (χ0) is 13.9. The zero-order valence-corrected chi connectivity index (χ0v) is 10.4. The normalized spacial score (nSPS) is 11.8. The lowest BCUT2D eigenvalue weighted by Gasteiger charge is -2.15. The van der Waals surface area contributed by atoms with Crippen molar-refractivity contribution in [2.45, 2.75) is 4.90 Å². The van der Waals surface area contributed by atoms with Crippen LogP contribution in [0.25, 0.3) is 0 Å². The van der Waals surface area contributed by atoms with E-state index < -0.39 is 26.5 Å². The molecule has 1 rings (SSSR count). The van der Waals surface area contributed by atoms with Gasteiger partial charge in [0.15, 0.2) is 0 Å². The third kappa shape index (κ3) is 2.81. The molecule has 0 unspecified atom stereocenters. The Balaban J connectivity index is 3.26. The van der Waals surface area contributed by atoms with E-state index >= 15 is 0 Å². The van der Waals surface area contributed by atoms with Gasteiger partial charge in [-0.1, -0.05) is 0 Å². The Morgan fingerprint density at radius 2 is 2.11 bits per heavy atom. The lowest BCUT2D eigenvalue weighted by molar-refractivity contribution is -0.387. The van der Waals surface area contributed by atoms with Crippen LogP contribution in [0.2, 0.25) is 0 Å². The molecule has 0 aliphatic heterocycles. The van der Waals surface area contributed by atoms with Crippen molar-refractivity contribution in [3.8, 4) is 0 Å². The van der Waals surface area contributed by atoms with Crippen LogP contribution in [0.3, 0.4) is 0 Å². The second-order valence-corrected chi connectivity index (χ2v) is 5.53. The minimum atomic E-state index is -3.89. The van der Waals surface area contributed by atoms with Gasteiger partial charge in [-0.3, -0.25) is 10.1 Å². The van der Waals surface area contributed by atoms with E-state index in [4.69, 9.17) is 5.73 Å². The number of rotatable bonds is 5. The van der Waals surface area contributed by atoms with E-state index in [1.807, 2.05) is 0 Å². The van der Waals surface area contributed by atoms with Crippen molar-refractivity contribution in [1.29, 1.82) is 0 Å². The minimum Gasteiger partial charge on any atom is -0.329 e. The number of sulfonamides is 1. The van der Waals surface area contributed by atoms with Gasteiger partial charge in [-0.25, -0.2) is 8.42 Å². The summed E-state index contributed by atoms with van der Waals surface area (Å²) in [6.45, 7) is 0.173. The molecule has 0 radical (unpaired) electrons. The molecule has 0 saturated heterocycles. The molecule has 0 saturated carbocycles. The summed E-state index contributed by atoms with van der Waals surface area (Å²) in [6.07, 6.45) is 0. The van der Waals surface area contributed by atoms with Crippen molar-refractivity contribution in [1.82, 2.24) is 4.31 Å². The summed E-state index contributed by atoms with van der Waals surface area (Å²) in [7, 11) is -2.60. The Bertz CT molecular complexity index is 561. The average Bonchev–Trinajstić information content (AvgIpc) is 2.29. The van der Waals surface area contributed by atoms with Crippen LogP contribution in [0.4, 0.5) is 10.1 Å². The van der Waals surface area contributed by atoms with E-state index in [0.717, 1.165) is 16.4 Å². The van der Waals surface area contributed by atoms with Crippen LogP contribution >= 0.6 is 0 Å². The summed E-state index contributed by atoms with van der Waals surface area (Å²) in [5, 5.41) is 10.5. The molecule has 1 aromatic rings. The molecule has 100 valence electrons. The number of nitro benzene ring substituents is 1. The molecule has 0 spiro atoms. The van der Waals surface area contributed by atoms with E-state index in [1.165, 1.54) is 7.05 Å². The molecule has 0 fully saturated rings. The molecule has 1 aromatic carbocycles. The third-order valence-corrected chi connectivity index (χ3v) is 4.12. The molecule has 0 aliphatic carbocycles. The Morgan fingerprint density at radius 3 is 2.61 bits per heavy atom. The molecule has 18 heavy (non-hydrogen) atoms. The third-order valence-electron chi connectivity index (χ3n) is 2.27. The number of likely N-dealkylation sites (N-methyl/N-ethyl adjacent to an activating group) is 1. The number of nitro groups is 1. The monoisotopic (exact) mass is 277 g/mol. The van der Waals surface area contributed by atoms with Crippen LogP contribution in [-0.2, 0) is 10.0 Å². The predicted molar refractivity (Wildman–Crippen MR) is 61.9 cm³/mol. The Labute approximate surface area is 103 Å². The number of benzene rings is 1. The van der Waals surface area contributed by atoms with Crippen LogP contribution in [0.5, 0.6) is 0 Å². The van der Waals surface area contributed by atoms with Crippen LogP contribution in [0.15, 0.2) is 23.1 Å². The number of nitrogens with two attached hydrogens (primary N) is 1. The maximum absolute atomic E-state index is 13.1. The molecule has 9 heteroatoms. The van der Waals surface area contributed by atoms with Crippen molar-refractivity contribution >= 4 is 15.7 Å². The average molecular weight is 277 g/mol. The maximum atomic E-state index is 13.1. The van der Waals surface area contributed by atoms with Crippen molar-refractivity contribution in [3.63, 3.8) is 0 Å². The van der Waals surface area contributed by atoms with Crippen molar-refractivity contribution < 1.29 is 17.7 Å². The highest BCUT2D eigenvalue weighted by molar-refractivity contribution is 7.89. The molecule has 0 bridgehead atoms. The van der Waals surface area contributed by atoms with Gasteiger partial charge in [0.2, 0.25) is 15.8 Å². The van der Waals surface area contributed by atoms with E-state index in [1.54, 1.807) is 0 Å². The summed E-state index contributed by atoms with van der Waals surface area (Å²) in [5.41, 5.74) is 4.35. The Hall–Kier alpha value is -1.58. The predicted octanol–water partition coefficient (Wildman–Crippen LogP) is 0.313. The zero-order valence-electron chi connectivity index (χ0n) is 9.54. The van der Waals surface area contributed by atoms with E-state index in [9.17, 15) is 22.9 Å². The van der Waals surface area contributed by atoms with E-state index in [-0.39, 0.29) is 18.0 Å². The maximum Gasteiger partial charge on any atom is 0.306 e. The van der Waals surface area contributed by atoms with Crippen LogP contribution in [0.1, 0.15) is 0 Å². The summed E-state index contributed by atoms with van der Waals surface area (Å²) in [4.78, 5) is 9.22. The first-order valence-corrected chi connectivity index (χ1v) is 6.35. The fourth-order valence-corrected chi connectivity index (χ4v) is 2.48. The van der Waals surface area contributed by atoms with Crippen molar-refractivity contribution in [2.75, 3.05) is 20.1 Å².